The van der Waals surface area contributed by atoms with E-state index in [-0.39, 0.29) is 11.1 Å². The number of amides is 2. The van der Waals surface area contributed by atoms with Crippen molar-refractivity contribution in [3.05, 3.63) is 95.1 Å². The second-order valence-electron chi connectivity index (χ2n) is 9.02. The van der Waals surface area contributed by atoms with Crippen LogP contribution in [0.4, 0.5) is 5.69 Å². The Morgan fingerprint density at radius 3 is 2.06 bits per heavy atom. The van der Waals surface area contributed by atoms with Crippen molar-refractivity contribution >= 4 is 29.1 Å². The molecule has 0 unspecified atom stereocenters. The van der Waals surface area contributed by atoms with Crippen molar-refractivity contribution in [1.29, 1.82) is 0 Å². The van der Waals surface area contributed by atoms with Crippen molar-refractivity contribution in [2.24, 2.45) is 11.8 Å². The molecule has 3 aromatic rings. The summed E-state index contributed by atoms with van der Waals surface area (Å²) in [4.78, 5) is 56.6. The maximum Gasteiger partial charge on any atom is 0.241 e. The van der Waals surface area contributed by atoms with E-state index in [4.69, 9.17) is 9.47 Å². The highest BCUT2D eigenvalue weighted by Gasteiger charge is 2.75. The average Bonchev–Trinajstić information content (AvgIpc) is 3.44. The molecule has 35 heavy (non-hydrogen) atoms. The largest absolute Gasteiger partial charge is 0.496 e. The van der Waals surface area contributed by atoms with Crippen LogP contribution in [0.15, 0.2) is 72.8 Å². The van der Waals surface area contributed by atoms with Gasteiger partial charge in [-0.25, -0.2) is 4.90 Å². The lowest BCUT2D eigenvalue weighted by molar-refractivity contribution is -0.127. The smallest absolute Gasteiger partial charge is 0.241 e. The fourth-order valence-corrected chi connectivity index (χ4v) is 5.75. The molecule has 0 N–H and O–H groups in total. The second kappa shape index (κ2) is 7.45. The summed E-state index contributed by atoms with van der Waals surface area (Å²) in [5, 5.41) is 0. The average molecular weight is 467 g/mol. The fraction of sp³-hybridized carbons (Fsp3) is 0.214. The summed E-state index contributed by atoms with van der Waals surface area (Å²) in [7, 11) is 1.49. The molecular formula is C28H21NO6. The van der Waals surface area contributed by atoms with Gasteiger partial charge in [0.1, 0.15) is 11.9 Å². The molecule has 0 bridgehead atoms. The van der Waals surface area contributed by atoms with Crippen molar-refractivity contribution in [1.82, 2.24) is 0 Å². The van der Waals surface area contributed by atoms with E-state index in [2.05, 4.69) is 0 Å². The summed E-state index contributed by atoms with van der Waals surface area (Å²) in [6.45, 7) is 1.80. The van der Waals surface area contributed by atoms with Gasteiger partial charge in [-0.05, 0) is 24.6 Å². The minimum atomic E-state index is -2.11. The monoisotopic (exact) mass is 467 g/mol. The third-order valence-electron chi connectivity index (χ3n) is 7.32. The molecule has 3 atom stereocenters. The fourth-order valence-electron chi connectivity index (χ4n) is 5.75. The molecule has 6 rings (SSSR count). The van der Waals surface area contributed by atoms with Gasteiger partial charge in [-0.1, -0.05) is 60.7 Å². The summed E-state index contributed by atoms with van der Waals surface area (Å²) in [6.07, 6.45) is -1.02. The lowest BCUT2D eigenvalue weighted by atomic mass is 9.77. The Morgan fingerprint density at radius 2 is 1.40 bits per heavy atom. The van der Waals surface area contributed by atoms with Crippen LogP contribution in [-0.4, -0.2) is 36.1 Å². The number of fused-ring (bicyclic) bond motifs is 3. The highest BCUT2D eigenvalue weighted by atomic mass is 16.5. The molecule has 0 aromatic heterocycles. The van der Waals surface area contributed by atoms with E-state index in [1.165, 1.54) is 7.11 Å². The first-order valence-corrected chi connectivity index (χ1v) is 11.3. The van der Waals surface area contributed by atoms with E-state index in [1.807, 2.05) is 6.07 Å². The Balaban J connectivity index is 1.58. The number of imide groups is 1. The zero-order valence-corrected chi connectivity index (χ0v) is 19.1. The Kier molecular flexibility index (Phi) is 4.56. The van der Waals surface area contributed by atoms with Gasteiger partial charge < -0.3 is 9.47 Å². The van der Waals surface area contributed by atoms with E-state index in [0.717, 1.165) is 10.5 Å². The van der Waals surface area contributed by atoms with Crippen LogP contribution in [-0.2, 0) is 14.3 Å². The van der Waals surface area contributed by atoms with Crippen LogP contribution in [0.5, 0.6) is 5.75 Å². The molecule has 1 spiro atoms. The maximum atomic E-state index is 14.0. The number of benzene rings is 3. The molecule has 7 nitrogen and oxygen atoms in total. The summed E-state index contributed by atoms with van der Waals surface area (Å²) < 4.78 is 11.8. The van der Waals surface area contributed by atoms with Gasteiger partial charge in [-0.3, -0.25) is 19.2 Å². The van der Waals surface area contributed by atoms with Gasteiger partial charge in [0, 0.05) is 16.7 Å². The Labute approximate surface area is 201 Å². The number of anilines is 1. The van der Waals surface area contributed by atoms with Crippen molar-refractivity contribution in [3.8, 4) is 5.75 Å². The molecule has 2 saturated heterocycles. The highest BCUT2D eigenvalue weighted by Crippen LogP contribution is 2.58. The first-order chi connectivity index (χ1) is 16.9. The molecule has 7 heteroatoms. The predicted octanol–water partition coefficient (Wildman–Crippen LogP) is 3.70. The number of ketones is 2. The Hall–Kier alpha value is -4.10. The third kappa shape index (κ3) is 2.64. The number of hydrogen-bond acceptors (Lipinski definition) is 6. The first kappa shape index (κ1) is 21.4. The van der Waals surface area contributed by atoms with Crippen molar-refractivity contribution in [2.75, 3.05) is 12.0 Å². The number of para-hydroxylation sites is 2. The number of rotatable bonds is 3. The van der Waals surface area contributed by atoms with Crippen LogP contribution >= 0.6 is 0 Å². The van der Waals surface area contributed by atoms with Crippen LogP contribution in [0.2, 0.25) is 0 Å². The van der Waals surface area contributed by atoms with Gasteiger partial charge in [-0.2, -0.15) is 0 Å². The topological polar surface area (TPSA) is 90.0 Å². The molecule has 3 aromatic carbocycles. The number of nitrogens with zero attached hydrogens (tertiary/aromatic N) is 1. The standard InChI is InChI=1S/C28H21NO6/c1-15-9-3-7-13-19(15)29-26(32)21-22(27(29)33)28(24(30)16-10-4-5-11-17(16)25(28)31)35-23(21)18-12-6-8-14-20(18)34-2/h3-14,21-23H,1-2H3/t21-,22+,23-/m0/s1. The molecule has 2 amide bonds. The van der Waals surface area contributed by atoms with Gasteiger partial charge in [0.25, 0.3) is 0 Å². The highest BCUT2D eigenvalue weighted by molar-refractivity contribution is 6.37. The van der Waals surface area contributed by atoms with Gasteiger partial charge in [-0.15, -0.1) is 0 Å². The molecule has 174 valence electrons. The second-order valence-corrected chi connectivity index (χ2v) is 9.02. The lowest BCUT2D eigenvalue weighted by Crippen LogP contribution is -2.51. The van der Waals surface area contributed by atoms with Gasteiger partial charge >= 0.3 is 0 Å². The summed E-state index contributed by atoms with van der Waals surface area (Å²) >= 11 is 0. The molecule has 3 aliphatic rings. The number of methoxy groups -OCH3 is 1. The first-order valence-electron chi connectivity index (χ1n) is 11.3. The number of ether oxygens (including phenoxy) is 2. The zero-order valence-electron chi connectivity index (χ0n) is 19.1. The van der Waals surface area contributed by atoms with E-state index in [1.54, 1.807) is 73.7 Å². The van der Waals surface area contributed by atoms with E-state index >= 15 is 0 Å². The number of carbonyl (C=O) groups excluding carboxylic acids is 4. The van der Waals surface area contributed by atoms with Crippen LogP contribution in [0.3, 0.4) is 0 Å². The quantitative estimate of drug-likeness (QED) is 0.431. The van der Waals surface area contributed by atoms with Crippen LogP contribution in [0.25, 0.3) is 0 Å². The number of Topliss-reactive ketones (excluding diaryl/α,β-unsaturated/α-hetero) is 2. The molecule has 0 saturated carbocycles. The van der Waals surface area contributed by atoms with Gasteiger partial charge in [0.2, 0.25) is 29.0 Å². The number of hydrogen-bond donors (Lipinski definition) is 0. The van der Waals surface area contributed by atoms with Crippen molar-refractivity contribution < 1.29 is 28.7 Å². The molecule has 0 radical (unpaired) electrons. The molecule has 2 fully saturated rings. The lowest BCUT2D eigenvalue weighted by Gasteiger charge is -2.28. The predicted molar refractivity (Wildman–Crippen MR) is 125 cm³/mol. The molecule has 1 aliphatic carbocycles. The summed E-state index contributed by atoms with van der Waals surface area (Å²) in [5.41, 5.74) is -0.0415. The van der Waals surface area contributed by atoms with Crippen molar-refractivity contribution in [2.45, 2.75) is 18.6 Å². The third-order valence-corrected chi connectivity index (χ3v) is 7.32. The van der Waals surface area contributed by atoms with Crippen molar-refractivity contribution in [3.63, 3.8) is 0 Å². The summed E-state index contributed by atoms with van der Waals surface area (Å²) in [5.74, 6) is -4.20. The van der Waals surface area contributed by atoms with Gasteiger partial charge in [0.15, 0.2) is 0 Å². The molecule has 2 heterocycles. The van der Waals surface area contributed by atoms with Crippen LogP contribution in [0.1, 0.15) is 37.9 Å². The normalized spacial score (nSPS) is 24.3. The van der Waals surface area contributed by atoms with Crippen LogP contribution < -0.4 is 9.64 Å². The van der Waals surface area contributed by atoms with E-state index in [0.29, 0.717) is 17.0 Å². The summed E-state index contributed by atoms with van der Waals surface area (Å²) in [6, 6.07) is 20.4. The zero-order chi connectivity index (χ0) is 24.5. The minimum Gasteiger partial charge on any atom is -0.496 e. The van der Waals surface area contributed by atoms with Gasteiger partial charge in [0.05, 0.1) is 24.6 Å². The van der Waals surface area contributed by atoms with E-state index in [9.17, 15) is 19.2 Å². The van der Waals surface area contributed by atoms with E-state index < -0.39 is 46.9 Å². The molecular weight excluding hydrogens is 446 g/mol. The van der Waals surface area contributed by atoms with Crippen LogP contribution in [0, 0.1) is 18.8 Å². The SMILES string of the molecule is COc1ccccc1[C@@H]1OC2(C(=O)c3ccccc3C2=O)[C@H]2C(=O)N(c3ccccc3C)C(=O)[C@H]12. The Bertz CT molecular complexity index is 1410. The maximum absolute atomic E-state index is 14.0. The molecule has 2 aliphatic heterocycles. The number of carbonyl (C=O) groups is 4. The minimum absolute atomic E-state index is 0.200. The Morgan fingerprint density at radius 1 is 0.800 bits per heavy atom. The number of aryl methyl sites for hydroxylation is 1.